The quantitative estimate of drug-likeness (QED) is 0.419. The lowest BCUT2D eigenvalue weighted by Gasteiger charge is -2.08. The fourth-order valence-electron chi connectivity index (χ4n) is 2.97. The number of fused-ring (bicyclic) bond motifs is 5. The maximum absolute atomic E-state index is 3.74. The third kappa shape index (κ3) is 1.31. The first kappa shape index (κ1) is 10.3. The summed E-state index contributed by atoms with van der Waals surface area (Å²) in [4.78, 5) is 0. The Morgan fingerprint density at radius 3 is 2.61 bits per heavy atom. The number of halogens is 1. The van der Waals surface area contributed by atoms with Gasteiger partial charge in [-0.05, 0) is 39.9 Å². The average molecular weight is 295 g/mol. The van der Waals surface area contributed by atoms with Gasteiger partial charge in [0.05, 0.1) is 0 Å². The highest BCUT2D eigenvalue weighted by Gasteiger charge is 2.22. The fourth-order valence-corrected chi connectivity index (χ4v) is 3.67. The Balaban J connectivity index is 2.16. The summed E-state index contributed by atoms with van der Waals surface area (Å²) in [5.74, 6) is 0. The first-order chi connectivity index (χ1) is 8.84. The van der Waals surface area contributed by atoms with E-state index < -0.39 is 0 Å². The molecule has 0 heterocycles. The third-order valence-corrected chi connectivity index (χ3v) is 4.39. The van der Waals surface area contributed by atoms with Gasteiger partial charge in [0, 0.05) is 10.0 Å². The molecule has 0 aromatic heterocycles. The van der Waals surface area contributed by atoms with Gasteiger partial charge in [-0.2, -0.15) is 0 Å². The molecular formula is C17H11Br. The van der Waals surface area contributed by atoms with Gasteiger partial charge in [0.1, 0.15) is 0 Å². The van der Waals surface area contributed by atoms with E-state index in [1.54, 1.807) is 0 Å². The van der Waals surface area contributed by atoms with E-state index in [0.717, 1.165) is 6.42 Å². The highest BCUT2D eigenvalue weighted by molar-refractivity contribution is 9.10. The van der Waals surface area contributed by atoms with E-state index in [-0.39, 0.29) is 0 Å². The summed E-state index contributed by atoms with van der Waals surface area (Å²) in [6.45, 7) is 0. The van der Waals surface area contributed by atoms with Crippen molar-refractivity contribution in [3.63, 3.8) is 0 Å². The summed E-state index contributed by atoms with van der Waals surface area (Å²) < 4.78 is 1.21. The second-order valence-corrected chi connectivity index (χ2v) is 5.62. The zero-order valence-electron chi connectivity index (χ0n) is 9.78. The lowest BCUT2D eigenvalue weighted by Crippen LogP contribution is -1.85. The molecule has 3 aromatic rings. The largest absolute Gasteiger partial charge is 0.0619 e. The summed E-state index contributed by atoms with van der Waals surface area (Å²) in [5.41, 5.74) is 5.65. The minimum atomic E-state index is 1.05. The van der Waals surface area contributed by atoms with E-state index in [0.29, 0.717) is 0 Å². The minimum absolute atomic E-state index is 1.05. The molecule has 1 heteroatoms. The van der Waals surface area contributed by atoms with E-state index >= 15 is 0 Å². The number of hydrogen-bond donors (Lipinski definition) is 0. The number of hydrogen-bond acceptors (Lipinski definition) is 0. The van der Waals surface area contributed by atoms with E-state index in [1.165, 1.54) is 37.5 Å². The summed E-state index contributed by atoms with van der Waals surface area (Å²) >= 11 is 3.74. The maximum atomic E-state index is 3.74. The molecule has 0 amide bonds. The molecule has 18 heavy (non-hydrogen) atoms. The van der Waals surface area contributed by atoms with Crippen LogP contribution >= 0.6 is 15.9 Å². The van der Waals surface area contributed by atoms with Crippen molar-refractivity contribution in [3.8, 4) is 11.1 Å². The Morgan fingerprint density at radius 2 is 1.67 bits per heavy atom. The second-order valence-electron chi connectivity index (χ2n) is 4.77. The van der Waals surface area contributed by atoms with Crippen LogP contribution in [0.1, 0.15) is 11.1 Å². The monoisotopic (exact) mass is 294 g/mol. The molecule has 4 rings (SSSR count). The van der Waals surface area contributed by atoms with Crippen LogP contribution in [0.25, 0.3) is 21.9 Å². The van der Waals surface area contributed by atoms with Gasteiger partial charge in [-0.3, -0.25) is 0 Å². The van der Waals surface area contributed by atoms with Crippen LogP contribution < -0.4 is 0 Å². The number of rotatable bonds is 0. The van der Waals surface area contributed by atoms with Crippen LogP contribution in [-0.4, -0.2) is 0 Å². The van der Waals surface area contributed by atoms with Crippen LogP contribution in [0.15, 0.2) is 59.1 Å². The van der Waals surface area contributed by atoms with Crippen molar-refractivity contribution in [1.82, 2.24) is 0 Å². The molecule has 0 N–H and O–H groups in total. The van der Waals surface area contributed by atoms with Crippen LogP contribution in [0.5, 0.6) is 0 Å². The van der Waals surface area contributed by atoms with Crippen LogP contribution in [0.3, 0.4) is 0 Å². The van der Waals surface area contributed by atoms with Gasteiger partial charge in [0.25, 0.3) is 0 Å². The zero-order chi connectivity index (χ0) is 12.1. The van der Waals surface area contributed by atoms with Gasteiger partial charge >= 0.3 is 0 Å². The van der Waals surface area contributed by atoms with Crippen LogP contribution in [0, 0.1) is 0 Å². The predicted octanol–water partition coefficient (Wildman–Crippen LogP) is 5.17. The normalized spacial score (nSPS) is 12.5. The van der Waals surface area contributed by atoms with Gasteiger partial charge in [-0.15, -0.1) is 0 Å². The average Bonchev–Trinajstić information content (AvgIpc) is 2.79. The van der Waals surface area contributed by atoms with Crippen LogP contribution in [0.4, 0.5) is 0 Å². The van der Waals surface area contributed by atoms with E-state index in [4.69, 9.17) is 0 Å². The molecule has 0 saturated carbocycles. The van der Waals surface area contributed by atoms with Crippen LogP contribution in [-0.2, 0) is 6.42 Å². The lowest BCUT2D eigenvalue weighted by molar-refractivity contribution is 1.28. The molecule has 0 saturated heterocycles. The Hall–Kier alpha value is -1.60. The molecule has 1 aliphatic rings. The van der Waals surface area contributed by atoms with Crippen molar-refractivity contribution in [3.05, 3.63) is 70.2 Å². The van der Waals surface area contributed by atoms with Gasteiger partial charge < -0.3 is 0 Å². The topological polar surface area (TPSA) is 0 Å². The second kappa shape index (κ2) is 3.69. The highest BCUT2D eigenvalue weighted by atomic mass is 79.9. The number of benzene rings is 3. The molecule has 3 aromatic carbocycles. The van der Waals surface area contributed by atoms with Gasteiger partial charge in [-0.25, -0.2) is 0 Å². The highest BCUT2D eigenvalue weighted by Crippen LogP contribution is 2.44. The first-order valence-corrected chi connectivity index (χ1v) is 6.92. The smallest absolute Gasteiger partial charge is 0.0263 e. The predicted molar refractivity (Wildman–Crippen MR) is 79.9 cm³/mol. The van der Waals surface area contributed by atoms with Crippen molar-refractivity contribution in [2.45, 2.75) is 6.42 Å². The Labute approximate surface area is 114 Å². The van der Waals surface area contributed by atoms with Gasteiger partial charge in [0.15, 0.2) is 0 Å². The maximum Gasteiger partial charge on any atom is 0.0263 e. The Kier molecular flexibility index (Phi) is 2.12. The molecular weight excluding hydrogens is 284 g/mol. The van der Waals surface area contributed by atoms with Crippen molar-refractivity contribution in [1.29, 1.82) is 0 Å². The van der Waals surface area contributed by atoms with Gasteiger partial charge in [-0.1, -0.05) is 64.5 Å². The first-order valence-electron chi connectivity index (χ1n) is 6.13. The summed E-state index contributed by atoms with van der Waals surface area (Å²) in [6, 6.07) is 19.6. The lowest BCUT2D eigenvalue weighted by atomic mass is 9.99. The molecule has 0 nitrogen and oxygen atoms in total. The van der Waals surface area contributed by atoms with E-state index in [1.807, 2.05) is 0 Å². The molecule has 0 bridgehead atoms. The molecule has 0 aliphatic heterocycles. The summed E-state index contributed by atoms with van der Waals surface area (Å²) in [5, 5.41) is 2.70. The van der Waals surface area contributed by atoms with Crippen molar-refractivity contribution < 1.29 is 0 Å². The van der Waals surface area contributed by atoms with Crippen molar-refractivity contribution in [2.24, 2.45) is 0 Å². The zero-order valence-corrected chi connectivity index (χ0v) is 11.4. The molecule has 0 radical (unpaired) electrons. The standard InChI is InChI=1S/C17H11Br/c18-16-10-12-6-1-3-7-13(12)15-9-11-5-2-4-8-14(11)17(15)16/h1-8,10H,9H2. The fraction of sp³-hybridized carbons (Fsp3) is 0.0588. The molecule has 0 unspecified atom stereocenters. The molecule has 0 fully saturated rings. The summed E-state index contributed by atoms with van der Waals surface area (Å²) in [7, 11) is 0. The minimum Gasteiger partial charge on any atom is -0.0619 e. The Bertz CT molecular complexity index is 772. The van der Waals surface area contributed by atoms with Crippen molar-refractivity contribution in [2.75, 3.05) is 0 Å². The van der Waals surface area contributed by atoms with Gasteiger partial charge in [0.2, 0.25) is 0 Å². The van der Waals surface area contributed by atoms with Crippen LogP contribution in [0.2, 0.25) is 0 Å². The SMILES string of the molecule is Brc1cc2ccccc2c2c1-c1ccccc1C2. The molecule has 0 spiro atoms. The van der Waals surface area contributed by atoms with E-state index in [9.17, 15) is 0 Å². The summed E-state index contributed by atoms with van der Waals surface area (Å²) in [6.07, 6.45) is 1.05. The molecule has 86 valence electrons. The van der Waals surface area contributed by atoms with E-state index in [2.05, 4.69) is 70.5 Å². The van der Waals surface area contributed by atoms with Crippen molar-refractivity contribution >= 4 is 26.7 Å². The Morgan fingerprint density at radius 1 is 0.889 bits per heavy atom. The molecule has 0 atom stereocenters. The molecule has 1 aliphatic carbocycles. The third-order valence-electron chi connectivity index (χ3n) is 3.76.